The Morgan fingerprint density at radius 2 is 1.97 bits per heavy atom. The van der Waals surface area contributed by atoms with Crippen molar-refractivity contribution in [2.24, 2.45) is 11.3 Å². The van der Waals surface area contributed by atoms with Gasteiger partial charge in [-0.3, -0.25) is 14.4 Å². The molecule has 0 radical (unpaired) electrons. The standard InChI is InChI=1S/C22H36N2O5/c1-21(2,3)17-14-29-19(27)10-6-4-5-9-16(20(28)23-17)13-18(26)24-22(15-25)11-7-8-12-22/h4-5,16-17,25H,6-15H2,1-3H3,(H,23,28)(H,24,26). The van der Waals surface area contributed by atoms with E-state index in [2.05, 4.69) is 10.6 Å². The number of nitrogens with one attached hydrogen (secondary N) is 2. The highest BCUT2D eigenvalue weighted by molar-refractivity contribution is 5.86. The second kappa shape index (κ2) is 10.2. The van der Waals surface area contributed by atoms with Crippen molar-refractivity contribution in [2.75, 3.05) is 13.2 Å². The van der Waals surface area contributed by atoms with Gasteiger partial charge in [0.2, 0.25) is 11.8 Å². The normalized spacial score (nSPS) is 26.1. The summed E-state index contributed by atoms with van der Waals surface area (Å²) in [4.78, 5) is 37.5. The smallest absolute Gasteiger partial charge is 0.306 e. The van der Waals surface area contributed by atoms with Crippen molar-refractivity contribution in [3.8, 4) is 0 Å². The van der Waals surface area contributed by atoms with E-state index in [0.717, 1.165) is 25.7 Å². The minimum absolute atomic E-state index is 0.0641. The minimum atomic E-state index is -0.545. The van der Waals surface area contributed by atoms with Crippen LogP contribution in [0.3, 0.4) is 0 Å². The van der Waals surface area contributed by atoms with E-state index in [4.69, 9.17) is 4.74 Å². The average molecular weight is 409 g/mol. The molecule has 1 heterocycles. The molecule has 1 saturated carbocycles. The second-order valence-corrected chi connectivity index (χ2v) is 9.45. The third-order valence-corrected chi connectivity index (χ3v) is 5.95. The molecule has 0 aromatic rings. The second-order valence-electron chi connectivity index (χ2n) is 9.45. The maximum absolute atomic E-state index is 13.0. The van der Waals surface area contributed by atoms with Gasteiger partial charge in [0, 0.05) is 12.8 Å². The van der Waals surface area contributed by atoms with E-state index in [-0.39, 0.29) is 48.9 Å². The molecule has 29 heavy (non-hydrogen) atoms. The van der Waals surface area contributed by atoms with Crippen LogP contribution in [0.5, 0.6) is 0 Å². The molecule has 0 saturated heterocycles. The quantitative estimate of drug-likeness (QED) is 0.489. The van der Waals surface area contributed by atoms with Crippen LogP contribution < -0.4 is 10.6 Å². The lowest BCUT2D eigenvalue weighted by molar-refractivity contribution is -0.146. The highest BCUT2D eigenvalue weighted by atomic mass is 16.5. The van der Waals surface area contributed by atoms with Crippen LogP contribution >= 0.6 is 0 Å². The van der Waals surface area contributed by atoms with Crippen LogP contribution in [0.1, 0.15) is 72.1 Å². The summed E-state index contributed by atoms with van der Waals surface area (Å²) < 4.78 is 5.34. The number of amides is 2. The largest absolute Gasteiger partial charge is 0.463 e. The maximum atomic E-state index is 13.0. The number of aliphatic hydroxyl groups excluding tert-OH is 1. The lowest BCUT2D eigenvalue weighted by Crippen LogP contribution is -2.52. The fourth-order valence-corrected chi connectivity index (χ4v) is 3.85. The third kappa shape index (κ3) is 7.14. The molecule has 0 bridgehead atoms. The van der Waals surface area contributed by atoms with E-state index in [0.29, 0.717) is 19.3 Å². The van der Waals surface area contributed by atoms with E-state index in [9.17, 15) is 19.5 Å². The van der Waals surface area contributed by atoms with Gasteiger partial charge in [-0.2, -0.15) is 0 Å². The average Bonchev–Trinajstić information content (AvgIpc) is 3.10. The van der Waals surface area contributed by atoms with Gasteiger partial charge in [0.1, 0.15) is 6.61 Å². The number of allylic oxidation sites excluding steroid dienone is 2. The van der Waals surface area contributed by atoms with Crippen LogP contribution in [0.2, 0.25) is 0 Å². The molecule has 2 unspecified atom stereocenters. The van der Waals surface area contributed by atoms with Crippen molar-refractivity contribution in [2.45, 2.75) is 83.7 Å². The Kier molecular flexibility index (Phi) is 8.25. The molecule has 0 spiro atoms. The van der Waals surface area contributed by atoms with Gasteiger partial charge in [0.25, 0.3) is 0 Å². The molecular weight excluding hydrogens is 372 g/mol. The molecule has 3 N–H and O–H groups in total. The van der Waals surface area contributed by atoms with E-state index < -0.39 is 11.5 Å². The number of carbonyl (C=O) groups excluding carboxylic acids is 3. The third-order valence-electron chi connectivity index (χ3n) is 5.95. The Labute approximate surface area is 173 Å². The van der Waals surface area contributed by atoms with Crippen molar-refractivity contribution in [1.82, 2.24) is 10.6 Å². The summed E-state index contributed by atoms with van der Waals surface area (Å²) >= 11 is 0. The number of carbonyl (C=O) groups is 3. The summed E-state index contributed by atoms with van der Waals surface area (Å²) in [5, 5.41) is 15.7. The van der Waals surface area contributed by atoms with E-state index in [1.807, 2.05) is 32.9 Å². The van der Waals surface area contributed by atoms with Crippen LogP contribution in [0.4, 0.5) is 0 Å². The Hall–Kier alpha value is -1.89. The van der Waals surface area contributed by atoms with Crippen molar-refractivity contribution in [1.29, 1.82) is 0 Å². The van der Waals surface area contributed by atoms with Crippen LogP contribution in [0, 0.1) is 11.3 Å². The van der Waals surface area contributed by atoms with Gasteiger partial charge >= 0.3 is 5.97 Å². The number of cyclic esters (lactones) is 1. The number of aliphatic hydroxyl groups is 1. The van der Waals surface area contributed by atoms with Crippen molar-refractivity contribution in [3.05, 3.63) is 12.2 Å². The number of esters is 1. The summed E-state index contributed by atoms with van der Waals surface area (Å²) in [6.45, 7) is 5.97. The van der Waals surface area contributed by atoms with Gasteiger partial charge in [0.15, 0.2) is 0 Å². The summed E-state index contributed by atoms with van der Waals surface area (Å²) in [6, 6.07) is -0.341. The number of rotatable bonds is 4. The molecule has 164 valence electrons. The highest BCUT2D eigenvalue weighted by Crippen LogP contribution is 2.29. The van der Waals surface area contributed by atoms with Gasteiger partial charge in [-0.1, -0.05) is 45.8 Å². The molecule has 0 aromatic carbocycles. The molecular formula is C22H36N2O5. The Balaban J connectivity index is 2.10. The molecule has 1 aliphatic carbocycles. The SMILES string of the molecule is CC(C)(C)C1COC(=O)CCC=CCC(CC(=O)NC2(CO)CCCC2)C(=O)N1. The van der Waals surface area contributed by atoms with Gasteiger partial charge < -0.3 is 20.5 Å². The van der Waals surface area contributed by atoms with Crippen molar-refractivity contribution >= 4 is 17.8 Å². The summed E-state index contributed by atoms with van der Waals surface area (Å²) in [5.41, 5.74) is -0.843. The molecule has 7 heteroatoms. The van der Waals surface area contributed by atoms with Gasteiger partial charge in [0.05, 0.1) is 24.1 Å². The predicted octanol–water partition coefficient (Wildman–Crippen LogP) is 2.23. The lowest BCUT2D eigenvalue weighted by atomic mass is 9.86. The first-order valence-electron chi connectivity index (χ1n) is 10.7. The lowest BCUT2D eigenvalue weighted by Gasteiger charge is -2.33. The molecule has 2 rings (SSSR count). The van der Waals surface area contributed by atoms with Gasteiger partial charge in [-0.05, 0) is 31.1 Å². The fraction of sp³-hybridized carbons (Fsp3) is 0.773. The van der Waals surface area contributed by atoms with Crippen LogP contribution in [-0.4, -0.2) is 47.7 Å². The Morgan fingerprint density at radius 1 is 1.28 bits per heavy atom. The first kappa shape index (κ1) is 23.4. The molecule has 1 fully saturated rings. The van der Waals surface area contributed by atoms with E-state index in [1.54, 1.807) is 0 Å². The summed E-state index contributed by atoms with van der Waals surface area (Å²) in [7, 11) is 0. The summed E-state index contributed by atoms with van der Waals surface area (Å²) in [5.74, 6) is -1.21. The summed E-state index contributed by atoms with van der Waals surface area (Å²) in [6.07, 6.45) is 8.56. The van der Waals surface area contributed by atoms with Gasteiger partial charge in [-0.15, -0.1) is 0 Å². The Bertz CT molecular complexity index is 617. The van der Waals surface area contributed by atoms with Crippen LogP contribution in [0.15, 0.2) is 12.2 Å². The van der Waals surface area contributed by atoms with Crippen molar-refractivity contribution < 1.29 is 24.2 Å². The fourth-order valence-electron chi connectivity index (χ4n) is 3.85. The van der Waals surface area contributed by atoms with E-state index >= 15 is 0 Å². The molecule has 1 aliphatic heterocycles. The maximum Gasteiger partial charge on any atom is 0.306 e. The zero-order valence-electron chi connectivity index (χ0n) is 18.0. The minimum Gasteiger partial charge on any atom is -0.463 e. The molecule has 2 aliphatic rings. The Morgan fingerprint density at radius 3 is 2.59 bits per heavy atom. The number of ether oxygens (including phenoxy) is 1. The molecule has 7 nitrogen and oxygen atoms in total. The number of hydrogen-bond acceptors (Lipinski definition) is 5. The first-order chi connectivity index (χ1) is 13.6. The molecule has 2 amide bonds. The monoisotopic (exact) mass is 408 g/mol. The van der Waals surface area contributed by atoms with Gasteiger partial charge in [-0.25, -0.2) is 0 Å². The predicted molar refractivity (Wildman–Crippen MR) is 110 cm³/mol. The van der Waals surface area contributed by atoms with Crippen LogP contribution in [-0.2, 0) is 19.1 Å². The zero-order chi connectivity index (χ0) is 21.5. The molecule has 2 atom stereocenters. The zero-order valence-corrected chi connectivity index (χ0v) is 18.0. The topological polar surface area (TPSA) is 105 Å². The van der Waals surface area contributed by atoms with Crippen molar-refractivity contribution in [3.63, 3.8) is 0 Å². The first-order valence-corrected chi connectivity index (χ1v) is 10.7. The highest BCUT2D eigenvalue weighted by Gasteiger charge is 2.36. The van der Waals surface area contributed by atoms with E-state index in [1.165, 1.54) is 0 Å². The number of hydrogen-bond donors (Lipinski definition) is 3. The van der Waals surface area contributed by atoms with Crippen LogP contribution in [0.25, 0.3) is 0 Å². The molecule has 0 aromatic heterocycles.